The van der Waals surface area contributed by atoms with Gasteiger partial charge in [-0.1, -0.05) is 31.5 Å². The van der Waals surface area contributed by atoms with Crippen molar-refractivity contribution in [3.8, 4) is 11.3 Å². The van der Waals surface area contributed by atoms with Crippen LogP contribution in [0.1, 0.15) is 50.0 Å². The molecule has 2 N–H and O–H groups in total. The van der Waals surface area contributed by atoms with Gasteiger partial charge in [-0.3, -0.25) is 0 Å². The van der Waals surface area contributed by atoms with Gasteiger partial charge in [-0.2, -0.15) is 0 Å². The van der Waals surface area contributed by atoms with E-state index in [2.05, 4.69) is 18.4 Å². The summed E-state index contributed by atoms with van der Waals surface area (Å²) in [6.45, 7) is 6.38. The molecule has 0 spiro atoms. The lowest BCUT2D eigenvalue weighted by Crippen LogP contribution is -2.06. The Hall–Kier alpha value is -1.48. The Labute approximate surface area is 124 Å². The first-order valence-corrected chi connectivity index (χ1v) is 7.51. The van der Waals surface area contributed by atoms with Crippen molar-refractivity contribution in [3.05, 3.63) is 34.6 Å². The maximum absolute atomic E-state index is 6.39. The molecular formula is C16H20ClN3. The second-order valence-corrected chi connectivity index (χ2v) is 6.36. The Morgan fingerprint density at radius 1 is 1.35 bits per heavy atom. The molecule has 1 saturated carbocycles. The van der Waals surface area contributed by atoms with Crippen LogP contribution in [0.3, 0.4) is 0 Å². The van der Waals surface area contributed by atoms with Crippen molar-refractivity contribution in [2.24, 2.45) is 0 Å². The van der Waals surface area contributed by atoms with E-state index in [1.165, 1.54) is 12.8 Å². The molecule has 20 heavy (non-hydrogen) atoms. The van der Waals surface area contributed by atoms with Crippen molar-refractivity contribution in [2.45, 2.75) is 45.6 Å². The number of halogens is 1. The zero-order chi connectivity index (χ0) is 14.4. The molecular weight excluding hydrogens is 270 g/mol. The fraction of sp³-hybridized carbons (Fsp3) is 0.438. The molecule has 0 amide bonds. The second kappa shape index (κ2) is 4.81. The highest BCUT2D eigenvalue weighted by Crippen LogP contribution is 2.42. The summed E-state index contributed by atoms with van der Waals surface area (Å²) in [7, 11) is 0. The monoisotopic (exact) mass is 289 g/mol. The minimum absolute atomic E-state index is 0.374. The van der Waals surface area contributed by atoms with Crippen molar-refractivity contribution in [2.75, 3.05) is 5.73 Å². The van der Waals surface area contributed by atoms with E-state index in [1.54, 1.807) is 0 Å². The highest BCUT2D eigenvalue weighted by Gasteiger charge is 2.31. The minimum atomic E-state index is 0.374. The maximum Gasteiger partial charge on any atom is 0.132 e. The lowest BCUT2D eigenvalue weighted by Gasteiger charge is -2.10. The Morgan fingerprint density at radius 2 is 2.05 bits per heavy atom. The lowest BCUT2D eigenvalue weighted by molar-refractivity contribution is 0.646. The summed E-state index contributed by atoms with van der Waals surface area (Å²) in [5, 5.41) is 0.746. The van der Waals surface area contributed by atoms with Crippen molar-refractivity contribution < 1.29 is 0 Å². The van der Waals surface area contributed by atoms with E-state index in [4.69, 9.17) is 22.3 Å². The Morgan fingerprint density at radius 3 is 2.60 bits per heavy atom. The third-order valence-electron chi connectivity index (χ3n) is 3.85. The molecule has 0 atom stereocenters. The summed E-state index contributed by atoms with van der Waals surface area (Å²) in [4.78, 5) is 4.83. The Bertz CT molecular complexity index is 654. The van der Waals surface area contributed by atoms with E-state index >= 15 is 0 Å². The number of nitrogens with zero attached hydrogens (tertiary/aromatic N) is 2. The largest absolute Gasteiger partial charge is 0.383 e. The van der Waals surface area contributed by atoms with Crippen LogP contribution >= 0.6 is 11.6 Å². The topological polar surface area (TPSA) is 43.8 Å². The second-order valence-electron chi connectivity index (χ2n) is 5.92. The van der Waals surface area contributed by atoms with Crippen molar-refractivity contribution in [1.82, 2.24) is 9.55 Å². The van der Waals surface area contributed by atoms with Crippen molar-refractivity contribution in [3.63, 3.8) is 0 Å². The first-order chi connectivity index (χ1) is 9.49. The fourth-order valence-electron chi connectivity index (χ4n) is 2.68. The summed E-state index contributed by atoms with van der Waals surface area (Å²) in [6.07, 6.45) is 2.42. The highest BCUT2D eigenvalue weighted by atomic mass is 35.5. The van der Waals surface area contributed by atoms with Crippen LogP contribution in [0.5, 0.6) is 0 Å². The molecule has 1 aliphatic rings. The van der Waals surface area contributed by atoms with Crippen LogP contribution < -0.4 is 5.73 Å². The number of anilines is 1. The van der Waals surface area contributed by atoms with Gasteiger partial charge in [-0.25, -0.2) is 4.98 Å². The van der Waals surface area contributed by atoms with Gasteiger partial charge in [0.05, 0.1) is 0 Å². The number of benzene rings is 1. The molecule has 4 heteroatoms. The number of aryl methyl sites for hydroxylation is 1. The normalized spacial score (nSPS) is 15.1. The van der Waals surface area contributed by atoms with Gasteiger partial charge >= 0.3 is 0 Å². The number of hydrogen-bond donors (Lipinski definition) is 1. The Kier molecular flexibility index (Phi) is 3.25. The van der Waals surface area contributed by atoms with Gasteiger partial charge in [0.1, 0.15) is 17.3 Å². The minimum Gasteiger partial charge on any atom is -0.383 e. The molecule has 1 fully saturated rings. The van der Waals surface area contributed by atoms with Crippen LogP contribution in [-0.2, 0) is 0 Å². The molecule has 0 unspecified atom stereocenters. The quantitative estimate of drug-likeness (QED) is 0.900. The van der Waals surface area contributed by atoms with Crippen molar-refractivity contribution >= 4 is 17.4 Å². The average molecular weight is 290 g/mol. The molecule has 0 saturated heterocycles. The predicted molar refractivity (Wildman–Crippen MR) is 84.2 cm³/mol. The number of nitrogen functional groups attached to an aromatic ring is 1. The molecule has 0 radical (unpaired) electrons. The molecule has 3 nitrogen and oxygen atoms in total. The SMILES string of the molecule is Cc1cc(Cl)ccc1-c1nc(C(C)C)n(C2CC2)c1N. The molecule has 1 aromatic carbocycles. The summed E-state index contributed by atoms with van der Waals surface area (Å²) < 4.78 is 2.23. The smallest absolute Gasteiger partial charge is 0.132 e. The molecule has 3 rings (SSSR count). The number of rotatable bonds is 3. The van der Waals surface area contributed by atoms with Gasteiger partial charge in [-0.15, -0.1) is 0 Å². The number of hydrogen-bond acceptors (Lipinski definition) is 2. The molecule has 0 bridgehead atoms. The van der Waals surface area contributed by atoms with Crippen LogP contribution in [0.4, 0.5) is 5.82 Å². The van der Waals surface area contributed by atoms with Crippen molar-refractivity contribution in [1.29, 1.82) is 0 Å². The zero-order valence-electron chi connectivity index (χ0n) is 12.2. The van der Waals surface area contributed by atoms with Gasteiger partial charge < -0.3 is 10.3 Å². The third kappa shape index (κ3) is 2.20. The van der Waals surface area contributed by atoms with Gasteiger partial charge in [0.15, 0.2) is 0 Å². The van der Waals surface area contributed by atoms with Gasteiger partial charge in [0, 0.05) is 22.5 Å². The molecule has 0 aliphatic heterocycles. The lowest BCUT2D eigenvalue weighted by atomic mass is 10.1. The Balaban J connectivity index is 2.16. The van der Waals surface area contributed by atoms with E-state index in [0.29, 0.717) is 12.0 Å². The van der Waals surface area contributed by atoms with E-state index in [1.807, 2.05) is 25.1 Å². The summed E-state index contributed by atoms with van der Waals surface area (Å²) in [6, 6.07) is 6.41. The van der Waals surface area contributed by atoms with E-state index < -0.39 is 0 Å². The number of aromatic nitrogens is 2. The summed E-state index contributed by atoms with van der Waals surface area (Å²) in [5.74, 6) is 2.26. The average Bonchev–Trinajstić information content (AvgIpc) is 3.14. The van der Waals surface area contributed by atoms with Crippen LogP contribution in [0.15, 0.2) is 18.2 Å². The molecule has 1 heterocycles. The van der Waals surface area contributed by atoms with Crippen LogP contribution in [0, 0.1) is 6.92 Å². The molecule has 106 valence electrons. The van der Waals surface area contributed by atoms with Gasteiger partial charge in [-0.05, 0) is 37.5 Å². The molecule has 1 aliphatic carbocycles. The molecule has 1 aromatic heterocycles. The van der Waals surface area contributed by atoms with Crippen LogP contribution in [-0.4, -0.2) is 9.55 Å². The first kappa shape index (κ1) is 13.5. The van der Waals surface area contributed by atoms with Gasteiger partial charge in [0.2, 0.25) is 0 Å². The number of nitrogens with two attached hydrogens (primary N) is 1. The van der Waals surface area contributed by atoms with E-state index in [-0.39, 0.29) is 0 Å². The molecule has 2 aromatic rings. The summed E-state index contributed by atoms with van der Waals surface area (Å²) >= 11 is 6.03. The van der Waals surface area contributed by atoms with Crippen LogP contribution in [0.2, 0.25) is 5.02 Å². The maximum atomic E-state index is 6.39. The number of imidazole rings is 1. The van der Waals surface area contributed by atoms with Crippen LogP contribution in [0.25, 0.3) is 11.3 Å². The van der Waals surface area contributed by atoms with E-state index in [9.17, 15) is 0 Å². The van der Waals surface area contributed by atoms with Gasteiger partial charge in [0.25, 0.3) is 0 Å². The zero-order valence-corrected chi connectivity index (χ0v) is 12.9. The highest BCUT2D eigenvalue weighted by molar-refractivity contribution is 6.30. The third-order valence-corrected chi connectivity index (χ3v) is 4.08. The predicted octanol–water partition coefficient (Wildman–Crippen LogP) is 4.55. The standard InChI is InChI=1S/C16H20ClN3/c1-9(2)16-19-14(15(18)20(16)12-5-6-12)13-7-4-11(17)8-10(13)3/h4,7-9,12H,5-6,18H2,1-3H3. The fourth-order valence-corrected chi connectivity index (χ4v) is 2.90. The summed E-state index contributed by atoms with van der Waals surface area (Å²) in [5.41, 5.74) is 9.48. The van der Waals surface area contributed by atoms with E-state index in [0.717, 1.165) is 33.5 Å². The first-order valence-electron chi connectivity index (χ1n) is 7.13.